The molecule has 2 aliphatic heterocycles. The lowest BCUT2D eigenvalue weighted by Crippen LogP contribution is -2.51. The molecule has 1 atom stereocenters. The standard InChI is InChI=1S/C19H27N3O3/c1-20(13-16-7-4-3-5-8-16)17(23)9-12-22-11-6-10-19(15-22)14-21(2)18(24)25-19/h3-5,7-8H,6,9-15H2,1-2H3/t19-/m0/s1. The summed E-state index contributed by atoms with van der Waals surface area (Å²) in [4.78, 5) is 29.8. The van der Waals surface area contributed by atoms with Gasteiger partial charge < -0.3 is 14.5 Å². The fourth-order valence-corrected chi connectivity index (χ4v) is 3.78. The number of piperidine rings is 1. The van der Waals surface area contributed by atoms with E-state index in [4.69, 9.17) is 4.74 Å². The largest absolute Gasteiger partial charge is 0.440 e. The van der Waals surface area contributed by atoms with Gasteiger partial charge in [-0.05, 0) is 24.9 Å². The molecule has 0 N–H and O–H groups in total. The van der Waals surface area contributed by atoms with Crippen molar-refractivity contribution in [3.05, 3.63) is 35.9 Å². The zero-order valence-corrected chi connectivity index (χ0v) is 15.1. The number of carbonyl (C=O) groups excluding carboxylic acids is 2. The molecule has 1 aromatic carbocycles. The molecular weight excluding hydrogens is 318 g/mol. The number of nitrogens with zero attached hydrogens (tertiary/aromatic N) is 3. The van der Waals surface area contributed by atoms with Gasteiger partial charge in [0.25, 0.3) is 0 Å². The van der Waals surface area contributed by atoms with Gasteiger partial charge in [-0.25, -0.2) is 4.79 Å². The molecule has 2 amide bonds. The molecule has 3 rings (SSSR count). The molecule has 1 spiro atoms. The van der Waals surface area contributed by atoms with Crippen LogP contribution in [0.25, 0.3) is 0 Å². The van der Waals surface area contributed by atoms with E-state index in [2.05, 4.69) is 4.90 Å². The normalized spacial score (nSPS) is 23.8. The molecular formula is C19H27N3O3. The molecule has 0 aliphatic carbocycles. The van der Waals surface area contributed by atoms with E-state index in [1.165, 1.54) is 0 Å². The van der Waals surface area contributed by atoms with Crippen LogP contribution >= 0.6 is 0 Å². The molecule has 0 saturated carbocycles. The SMILES string of the molecule is CN(Cc1ccccc1)C(=O)CCN1CCC[C@@]2(C1)CN(C)C(=O)O2. The van der Waals surface area contributed by atoms with Crippen molar-refractivity contribution in [1.29, 1.82) is 0 Å². The number of rotatable bonds is 5. The van der Waals surface area contributed by atoms with E-state index in [1.807, 2.05) is 37.4 Å². The maximum Gasteiger partial charge on any atom is 0.410 e. The number of carbonyl (C=O) groups is 2. The Bertz CT molecular complexity index is 622. The third-order valence-electron chi connectivity index (χ3n) is 5.09. The highest BCUT2D eigenvalue weighted by Crippen LogP contribution is 2.31. The Labute approximate surface area is 149 Å². The molecule has 25 heavy (non-hydrogen) atoms. The monoisotopic (exact) mass is 345 g/mol. The second-order valence-corrected chi connectivity index (χ2v) is 7.27. The summed E-state index contributed by atoms with van der Waals surface area (Å²) >= 11 is 0. The quantitative estimate of drug-likeness (QED) is 0.819. The maximum absolute atomic E-state index is 12.4. The van der Waals surface area contributed by atoms with Gasteiger partial charge in [0.2, 0.25) is 5.91 Å². The molecule has 0 radical (unpaired) electrons. The first-order chi connectivity index (χ1) is 12.0. The topological polar surface area (TPSA) is 53.1 Å². The summed E-state index contributed by atoms with van der Waals surface area (Å²) in [6.07, 6.45) is 2.15. The molecule has 0 bridgehead atoms. The van der Waals surface area contributed by atoms with Crippen LogP contribution in [-0.4, -0.2) is 72.6 Å². The van der Waals surface area contributed by atoms with E-state index in [9.17, 15) is 9.59 Å². The predicted octanol–water partition coefficient (Wildman–Crippen LogP) is 1.95. The van der Waals surface area contributed by atoms with Crippen LogP contribution in [0.3, 0.4) is 0 Å². The minimum atomic E-state index is -0.386. The van der Waals surface area contributed by atoms with E-state index in [-0.39, 0.29) is 17.6 Å². The highest BCUT2D eigenvalue weighted by molar-refractivity contribution is 5.76. The molecule has 6 heteroatoms. The average molecular weight is 345 g/mol. The second-order valence-electron chi connectivity index (χ2n) is 7.27. The number of hydrogen-bond donors (Lipinski definition) is 0. The Morgan fingerprint density at radius 2 is 2.04 bits per heavy atom. The number of benzene rings is 1. The van der Waals surface area contributed by atoms with Gasteiger partial charge in [-0.1, -0.05) is 30.3 Å². The van der Waals surface area contributed by atoms with Gasteiger partial charge >= 0.3 is 6.09 Å². The average Bonchev–Trinajstić information content (AvgIpc) is 2.86. The second kappa shape index (κ2) is 7.44. The van der Waals surface area contributed by atoms with Crippen molar-refractivity contribution in [3.63, 3.8) is 0 Å². The van der Waals surface area contributed by atoms with E-state index in [1.54, 1.807) is 16.8 Å². The zero-order chi connectivity index (χ0) is 17.9. The van der Waals surface area contributed by atoms with Crippen molar-refractivity contribution in [2.45, 2.75) is 31.4 Å². The Morgan fingerprint density at radius 1 is 1.28 bits per heavy atom. The number of amides is 2. The summed E-state index contributed by atoms with van der Waals surface area (Å²) < 4.78 is 5.62. The predicted molar refractivity (Wildman–Crippen MR) is 95.0 cm³/mol. The van der Waals surface area contributed by atoms with Crippen molar-refractivity contribution < 1.29 is 14.3 Å². The van der Waals surface area contributed by atoms with Crippen molar-refractivity contribution >= 4 is 12.0 Å². The van der Waals surface area contributed by atoms with E-state index < -0.39 is 0 Å². The highest BCUT2D eigenvalue weighted by atomic mass is 16.6. The van der Waals surface area contributed by atoms with Crippen molar-refractivity contribution in [3.8, 4) is 0 Å². The molecule has 136 valence electrons. The molecule has 1 aromatic rings. The van der Waals surface area contributed by atoms with Gasteiger partial charge in [-0.15, -0.1) is 0 Å². The number of likely N-dealkylation sites (N-methyl/N-ethyl adjacent to an activating group) is 1. The number of hydrogen-bond acceptors (Lipinski definition) is 4. The Balaban J connectivity index is 1.48. The highest BCUT2D eigenvalue weighted by Gasteiger charge is 2.46. The van der Waals surface area contributed by atoms with Crippen LogP contribution in [0, 0.1) is 0 Å². The van der Waals surface area contributed by atoms with Crippen LogP contribution in [0.1, 0.15) is 24.8 Å². The van der Waals surface area contributed by atoms with Gasteiger partial charge in [0.05, 0.1) is 6.54 Å². The molecule has 0 aromatic heterocycles. The Morgan fingerprint density at radius 3 is 2.72 bits per heavy atom. The van der Waals surface area contributed by atoms with Crippen LogP contribution < -0.4 is 0 Å². The lowest BCUT2D eigenvalue weighted by molar-refractivity contribution is -0.131. The molecule has 2 aliphatic rings. The van der Waals surface area contributed by atoms with Crippen molar-refractivity contribution in [1.82, 2.24) is 14.7 Å². The summed E-state index contributed by atoms with van der Waals surface area (Å²) in [5, 5.41) is 0. The maximum atomic E-state index is 12.4. The molecule has 2 saturated heterocycles. The first-order valence-corrected chi connectivity index (χ1v) is 8.92. The van der Waals surface area contributed by atoms with Gasteiger partial charge in [-0.3, -0.25) is 9.69 Å². The summed E-state index contributed by atoms with van der Waals surface area (Å²) in [5.41, 5.74) is 0.750. The van der Waals surface area contributed by atoms with E-state index in [0.29, 0.717) is 26.1 Å². The van der Waals surface area contributed by atoms with Crippen LogP contribution in [0.2, 0.25) is 0 Å². The van der Waals surface area contributed by atoms with Crippen LogP contribution in [0.15, 0.2) is 30.3 Å². The van der Waals surface area contributed by atoms with E-state index >= 15 is 0 Å². The number of likely N-dealkylation sites (tertiary alicyclic amines) is 1. The van der Waals surface area contributed by atoms with E-state index in [0.717, 1.165) is 31.5 Å². The Kier molecular flexibility index (Phi) is 5.27. The van der Waals surface area contributed by atoms with Crippen LogP contribution in [-0.2, 0) is 16.1 Å². The Hall–Kier alpha value is -2.08. The molecule has 6 nitrogen and oxygen atoms in total. The minimum absolute atomic E-state index is 0.143. The number of ether oxygens (including phenoxy) is 1. The minimum Gasteiger partial charge on any atom is -0.440 e. The fourth-order valence-electron chi connectivity index (χ4n) is 3.78. The van der Waals surface area contributed by atoms with Gasteiger partial charge in [0, 0.05) is 40.2 Å². The third kappa shape index (κ3) is 4.31. The first-order valence-electron chi connectivity index (χ1n) is 8.92. The molecule has 2 heterocycles. The van der Waals surface area contributed by atoms with Crippen molar-refractivity contribution in [2.75, 3.05) is 40.3 Å². The van der Waals surface area contributed by atoms with Gasteiger partial charge in [0.1, 0.15) is 5.60 Å². The zero-order valence-electron chi connectivity index (χ0n) is 15.1. The smallest absolute Gasteiger partial charge is 0.410 e. The first kappa shape index (κ1) is 17.7. The van der Waals surface area contributed by atoms with Gasteiger partial charge in [-0.2, -0.15) is 0 Å². The van der Waals surface area contributed by atoms with Crippen LogP contribution in [0.4, 0.5) is 4.79 Å². The summed E-state index contributed by atoms with van der Waals surface area (Å²) in [6, 6.07) is 10.0. The van der Waals surface area contributed by atoms with Crippen molar-refractivity contribution in [2.24, 2.45) is 0 Å². The third-order valence-corrected chi connectivity index (χ3v) is 5.09. The lowest BCUT2D eigenvalue weighted by atomic mass is 9.92. The summed E-state index contributed by atoms with van der Waals surface area (Å²) in [5.74, 6) is 0.143. The van der Waals surface area contributed by atoms with Gasteiger partial charge in [0.15, 0.2) is 0 Å². The van der Waals surface area contributed by atoms with Crippen LogP contribution in [0.5, 0.6) is 0 Å². The summed E-state index contributed by atoms with van der Waals surface area (Å²) in [6.45, 7) is 3.66. The molecule has 0 unspecified atom stereocenters. The summed E-state index contributed by atoms with van der Waals surface area (Å²) in [7, 11) is 3.62. The fraction of sp³-hybridized carbons (Fsp3) is 0.579. The molecule has 2 fully saturated rings. The lowest BCUT2D eigenvalue weighted by Gasteiger charge is -2.38.